The van der Waals surface area contributed by atoms with Gasteiger partial charge in [0.15, 0.2) is 0 Å². The zero-order valence-corrected chi connectivity index (χ0v) is 11.6. The van der Waals surface area contributed by atoms with Crippen LogP contribution >= 0.6 is 0 Å². The standard InChI is InChI=1S/C16H13FN2O2/c1-19(15-6-4-3-5-11(15)10-18)16(20)13-8-7-12(21-2)9-14(13)17/h3-9H,1-2H3. The number of nitrogens with zero attached hydrogens (tertiary/aromatic N) is 2. The molecule has 2 aromatic carbocycles. The van der Waals surface area contributed by atoms with E-state index in [9.17, 15) is 9.18 Å². The molecule has 0 N–H and O–H groups in total. The molecule has 0 unspecified atom stereocenters. The number of carbonyl (C=O) groups excluding carboxylic acids is 1. The molecule has 0 aliphatic rings. The molecule has 0 heterocycles. The summed E-state index contributed by atoms with van der Waals surface area (Å²) in [5.74, 6) is -0.859. The van der Waals surface area contributed by atoms with Crippen LogP contribution in [-0.2, 0) is 0 Å². The number of nitriles is 1. The van der Waals surface area contributed by atoms with Gasteiger partial charge in [0.25, 0.3) is 5.91 Å². The van der Waals surface area contributed by atoms with E-state index in [-0.39, 0.29) is 5.56 Å². The number of ether oxygens (including phenoxy) is 1. The fraction of sp³-hybridized carbons (Fsp3) is 0.125. The van der Waals surface area contributed by atoms with Gasteiger partial charge < -0.3 is 9.64 Å². The lowest BCUT2D eigenvalue weighted by Gasteiger charge is -2.19. The first-order valence-electron chi connectivity index (χ1n) is 6.19. The Balaban J connectivity index is 2.38. The van der Waals surface area contributed by atoms with Crippen LogP contribution in [0.15, 0.2) is 42.5 Å². The highest BCUT2D eigenvalue weighted by molar-refractivity contribution is 6.06. The molecule has 1 amide bonds. The maximum atomic E-state index is 14.0. The number of hydrogen-bond acceptors (Lipinski definition) is 3. The quantitative estimate of drug-likeness (QED) is 0.870. The molecule has 2 aromatic rings. The second-order valence-electron chi connectivity index (χ2n) is 4.34. The van der Waals surface area contributed by atoms with Crippen LogP contribution < -0.4 is 9.64 Å². The summed E-state index contributed by atoms with van der Waals surface area (Å²) in [4.78, 5) is 13.6. The predicted molar refractivity (Wildman–Crippen MR) is 76.8 cm³/mol. The first-order valence-corrected chi connectivity index (χ1v) is 6.19. The Kier molecular flexibility index (Phi) is 4.19. The summed E-state index contributed by atoms with van der Waals surface area (Å²) in [6, 6.07) is 12.7. The summed E-state index contributed by atoms with van der Waals surface area (Å²) in [5, 5.41) is 9.06. The van der Waals surface area contributed by atoms with Gasteiger partial charge in [0.2, 0.25) is 0 Å². The van der Waals surface area contributed by atoms with Gasteiger partial charge in [-0.05, 0) is 24.3 Å². The minimum Gasteiger partial charge on any atom is -0.497 e. The fourth-order valence-electron chi connectivity index (χ4n) is 1.95. The summed E-state index contributed by atoms with van der Waals surface area (Å²) in [6.07, 6.45) is 0. The highest BCUT2D eigenvalue weighted by Crippen LogP contribution is 2.23. The maximum Gasteiger partial charge on any atom is 0.261 e. The van der Waals surface area contributed by atoms with Crippen LogP contribution in [-0.4, -0.2) is 20.1 Å². The average molecular weight is 284 g/mol. The number of amides is 1. The van der Waals surface area contributed by atoms with Gasteiger partial charge in [-0.3, -0.25) is 4.79 Å². The largest absolute Gasteiger partial charge is 0.497 e. The number of rotatable bonds is 3. The number of benzene rings is 2. The smallest absolute Gasteiger partial charge is 0.261 e. The topological polar surface area (TPSA) is 53.3 Å². The van der Waals surface area contributed by atoms with E-state index in [1.165, 1.54) is 31.2 Å². The summed E-state index contributed by atoms with van der Waals surface area (Å²) in [7, 11) is 2.92. The third-order valence-corrected chi connectivity index (χ3v) is 3.10. The van der Waals surface area contributed by atoms with E-state index in [2.05, 4.69) is 0 Å². The molecule has 0 fully saturated rings. The first-order chi connectivity index (χ1) is 10.1. The Bertz CT molecular complexity index is 722. The van der Waals surface area contributed by atoms with Crippen molar-refractivity contribution >= 4 is 11.6 Å². The van der Waals surface area contributed by atoms with Crippen LogP contribution in [0.5, 0.6) is 5.75 Å². The molecule has 5 heteroatoms. The van der Waals surface area contributed by atoms with E-state index < -0.39 is 11.7 Å². The Hall–Kier alpha value is -2.87. The van der Waals surface area contributed by atoms with E-state index >= 15 is 0 Å². The van der Waals surface area contributed by atoms with Gasteiger partial charge in [0.1, 0.15) is 17.6 Å². The van der Waals surface area contributed by atoms with Crippen molar-refractivity contribution < 1.29 is 13.9 Å². The van der Waals surface area contributed by atoms with Crippen LogP contribution in [0.4, 0.5) is 10.1 Å². The van der Waals surface area contributed by atoms with E-state index in [4.69, 9.17) is 10.00 Å². The molecule has 0 atom stereocenters. The van der Waals surface area contributed by atoms with Gasteiger partial charge in [-0.2, -0.15) is 5.26 Å². The van der Waals surface area contributed by atoms with Crippen molar-refractivity contribution in [2.45, 2.75) is 0 Å². The van der Waals surface area contributed by atoms with Crippen LogP contribution in [0, 0.1) is 17.1 Å². The van der Waals surface area contributed by atoms with E-state index in [0.29, 0.717) is 17.0 Å². The molecule has 0 aromatic heterocycles. The zero-order valence-electron chi connectivity index (χ0n) is 11.6. The second kappa shape index (κ2) is 6.06. The molecule has 4 nitrogen and oxygen atoms in total. The molecule has 0 radical (unpaired) electrons. The van der Waals surface area contributed by atoms with E-state index in [1.54, 1.807) is 24.3 Å². The molecular formula is C16H13FN2O2. The van der Waals surface area contributed by atoms with Gasteiger partial charge in [0.05, 0.1) is 23.9 Å². The lowest BCUT2D eigenvalue weighted by Crippen LogP contribution is -2.27. The highest BCUT2D eigenvalue weighted by atomic mass is 19.1. The van der Waals surface area contributed by atoms with Crippen LogP contribution in [0.1, 0.15) is 15.9 Å². The molecule has 0 bridgehead atoms. The number of para-hydroxylation sites is 1. The van der Waals surface area contributed by atoms with Crippen LogP contribution in [0.2, 0.25) is 0 Å². The maximum absolute atomic E-state index is 14.0. The SMILES string of the molecule is COc1ccc(C(=O)N(C)c2ccccc2C#N)c(F)c1. The summed E-state index contributed by atoms with van der Waals surface area (Å²) in [6.45, 7) is 0. The van der Waals surface area contributed by atoms with Crippen molar-refractivity contribution in [3.63, 3.8) is 0 Å². The minimum atomic E-state index is -0.666. The van der Waals surface area contributed by atoms with Gasteiger partial charge in [-0.1, -0.05) is 12.1 Å². The lowest BCUT2D eigenvalue weighted by molar-refractivity contribution is 0.0989. The molecule has 0 aliphatic heterocycles. The zero-order chi connectivity index (χ0) is 15.4. The van der Waals surface area contributed by atoms with Gasteiger partial charge >= 0.3 is 0 Å². The Morgan fingerprint density at radius 1 is 1.29 bits per heavy atom. The van der Waals surface area contributed by atoms with Crippen LogP contribution in [0.3, 0.4) is 0 Å². The van der Waals surface area contributed by atoms with Gasteiger partial charge in [-0.25, -0.2) is 4.39 Å². The Morgan fingerprint density at radius 2 is 2.00 bits per heavy atom. The molecule has 0 aliphatic carbocycles. The monoisotopic (exact) mass is 284 g/mol. The van der Waals surface area contributed by atoms with Crippen molar-refractivity contribution in [1.29, 1.82) is 5.26 Å². The van der Waals surface area contributed by atoms with Crippen molar-refractivity contribution in [3.8, 4) is 11.8 Å². The summed E-state index contributed by atoms with van der Waals surface area (Å²) >= 11 is 0. The lowest BCUT2D eigenvalue weighted by atomic mass is 10.1. The number of hydrogen-bond donors (Lipinski definition) is 0. The third-order valence-electron chi connectivity index (χ3n) is 3.10. The molecule has 21 heavy (non-hydrogen) atoms. The molecule has 0 saturated carbocycles. The van der Waals surface area contributed by atoms with Crippen LogP contribution in [0.25, 0.3) is 0 Å². The third kappa shape index (κ3) is 2.84. The molecule has 2 rings (SSSR count). The normalized spacial score (nSPS) is 9.81. The number of anilines is 1. The van der Waals surface area contributed by atoms with Gasteiger partial charge in [-0.15, -0.1) is 0 Å². The van der Waals surface area contributed by atoms with Crippen molar-refractivity contribution in [2.75, 3.05) is 19.1 Å². The Labute approximate surface area is 122 Å². The average Bonchev–Trinajstić information content (AvgIpc) is 2.53. The predicted octanol–water partition coefficient (Wildman–Crippen LogP) is 2.98. The van der Waals surface area contributed by atoms with E-state index in [0.717, 1.165) is 6.07 Å². The van der Waals surface area contributed by atoms with Crippen molar-refractivity contribution in [1.82, 2.24) is 0 Å². The van der Waals surface area contributed by atoms with Gasteiger partial charge in [0, 0.05) is 13.1 Å². The molecule has 0 saturated heterocycles. The van der Waals surface area contributed by atoms with E-state index in [1.807, 2.05) is 6.07 Å². The molecule has 0 spiro atoms. The Morgan fingerprint density at radius 3 is 2.62 bits per heavy atom. The number of carbonyl (C=O) groups is 1. The minimum absolute atomic E-state index is 0.0777. The fourth-order valence-corrected chi connectivity index (χ4v) is 1.95. The summed E-state index contributed by atoms with van der Waals surface area (Å²) in [5.41, 5.74) is 0.702. The molecule has 106 valence electrons. The first kappa shape index (κ1) is 14.5. The second-order valence-corrected chi connectivity index (χ2v) is 4.34. The van der Waals surface area contributed by atoms with Crippen molar-refractivity contribution in [3.05, 3.63) is 59.4 Å². The van der Waals surface area contributed by atoms with Crippen molar-refractivity contribution in [2.24, 2.45) is 0 Å². The number of halogens is 1. The highest BCUT2D eigenvalue weighted by Gasteiger charge is 2.19. The summed E-state index contributed by atoms with van der Waals surface area (Å²) < 4.78 is 18.9. The molecular weight excluding hydrogens is 271 g/mol. The number of methoxy groups -OCH3 is 1.